The van der Waals surface area contributed by atoms with Crippen molar-refractivity contribution < 1.29 is 23.5 Å². The molecular weight excluding hydrogens is 598 g/mol. The van der Waals surface area contributed by atoms with Crippen LogP contribution in [-0.2, 0) is 9.53 Å². The van der Waals surface area contributed by atoms with Gasteiger partial charge in [0.15, 0.2) is 11.5 Å². The van der Waals surface area contributed by atoms with Crippen molar-refractivity contribution in [1.29, 1.82) is 0 Å². The van der Waals surface area contributed by atoms with Gasteiger partial charge in [-0.3, -0.25) is 0 Å². The quantitative estimate of drug-likeness (QED) is 0.139. The predicted octanol–water partition coefficient (Wildman–Crippen LogP) is 7.24. The van der Waals surface area contributed by atoms with Crippen molar-refractivity contribution in [2.45, 2.75) is 0 Å². The van der Waals surface area contributed by atoms with E-state index in [1.807, 2.05) is 18.2 Å². The lowest BCUT2D eigenvalue weighted by Gasteiger charge is -2.08. The van der Waals surface area contributed by atoms with Gasteiger partial charge in [-0.2, -0.15) is 0 Å². The van der Waals surface area contributed by atoms with Gasteiger partial charge >= 0.3 is 11.9 Å². The lowest BCUT2D eigenvalue weighted by Crippen LogP contribution is -2.08. The van der Waals surface area contributed by atoms with Gasteiger partial charge in [-0.1, -0.05) is 49.5 Å². The number of esters is 2. The van der Waals surface area contributed by atoms with Crippen molar-refractivity contribution in [3.05, 3.63) is 90.7 Å². The second-order valence-corrected chi connectivity index (χ2v) is 10.0. The topological polar surface area (TPSA) is 78.1 Å². The van der Waals surface area contributed by atoms with Crippen molar-refractivity contribution in [2.75, 3.05) is 0 Å². The maximum absolute atomic E-state index is 13.0. The minimum Gasteiger partial charge on any atom is -0.459 e. The van der Waals surface area contributed by atoms with Crippen molar-refractivity contribution in [3.8, 4) is 5.75 Å². The van der Waals surface area contributed by atoms with Gasteiger partial charge in [-0.25, -0.2) is 14.6 Å². The van der Waals surface area contributed by atoms with E-state index in [1.165, 1.54) is 23.7 Å². The Morgan fingerprint density at radius 2 is 1.91 bits per heavy atom. The Morgan fingerprint density at radius 3 is 2.70 bits per heavy atom. The summed E-state index contributed by atoms with van der Waals surface area (Å²) in [5.41, 5.74) is 0.496. The minimum atomic E-state index is -0.642. The van der Waals surface area contributed by atoms with Crippen LogP contribution in [0.3, 0.4) is 0 Å². The average Bonchev–Trinajstić information content (AvgIpc) is 3.50. The molecule has 0 aliphatic carbocycles. The number of carbonyl (C=O) groups excluding carboxylic acids is 2. The number of halogens is 3. The molecule has 2 aromatic carbocycles. The Morgan fingerprint density at radius 1 is 1.12 bits per heavy atom. The van der Waals surface area contributed by atoms with Crippen LogP contribution in [0.2, 0.25) is 5.02 Å². The number of rotatable bonds is 4. The van der Waals surface area contributed by atoms with E-state index in [0.29, 0.717) is 16.3 Å². The molecule has 0 saturated carbocycles. The van der Waals surface area contributed by atoms with Gasteiger partial charge in [-0.05, 0) is 48.5 Å². The summed E-state index contributed by atoms with van der Waals surface area (Å²) in [6.07, 6.45) is 2.94. The summed E-state index contributed by atoms with van der Waals surface area (Å²) in [5, 5.41) is 1.10. The maximum Gasteiger partial charge on any atom is 0.363 e. The van der Waals surface area contributed by atoms with Gasteiger partial charge in [0.1, 0.15) is 10.6 Å². The molecule has 10 heteroatoms. The number of aliphatic imine (C=N–C) groups is 1. The first-order valence-electron chi connectivity index (χ1n) is 9.35. The van der Waals surface area contributed by atoms with Crippen molar-refractivity contribution in [2.24, 2.45) is 4.99 Å². The number of fused-ring (bicyclic) bond motifs is 1. The molecule has 164 valence electrons. The highest BCUT2D eigenvalue weighted by Gasteiger charge is 2.27. The second-order valence-electron chi connectivity index (χ2n) is 6.77. The average molecular weight is 608 g/mol. The predicted molar refractivity (Wildman–Crippen MR) is 133 cm³/mol. The standard InChI is InChI=1S/C23H10Br2ClNO5S/c24-12-4-6-16(31-23(29)20-19(26)14-5-3-13(25)10-18(14)33-20)11(8-12)9-15-22(28)32-21(27-15)17-2-1-7-30-17/h1-10H/b15-9+. The second kappa shape index (κ2) is 8.90. The smallest absolute Gasteiger partial charge is 0.363 e. The number of thiophene rings is 1. The zero-order valence-electron chi connectivity index (χ0n) is 16.3. The number of nitrogens with zero attached hydrogens (tertiary/aromatic N) is 1. The van der Waals surface area contributed by atoms with Crippen LogP contribution in [0.1, 0.15) is 21.0 Å². The molecule has 0 spiro atoms. The molecule has 3 heterocycles. The van der Waals surface area contributed by atoms with E-state index >= 15 is 0 Å². The largest absolute Gasteiger partial charge is 0.459 e. The summed E-state index contributed by atoms with van der Waals surface area (Å²) >= 11 is 14.5. The van der Waals surface area contributed by atoms with Gasteiger partial charge < -0.3 is 13.9 Å². The van der Waals surface area contributed by atoms with Gasteiger partial charge in [0, 0.05) is 24.6 Å². The third-order valence-electron chi connectivity index (χ3n) is 4.60. The molecular formula is C23H10Br2ClNO5S. The zero-order valence-corrected chi connectivity index (χ0v) is 21.0. The van der Waals surface area contributed by atoms with Crippen LogP contribution in [0.25, 0.3) is 16.2 Å². The fourth-order valence-corrected chi connectivity index (χ4v) is 5.42. The number of hydrogen-bond acceptors (Lipinski definition) is 7. The molecule has 0 bridgehead atoms. The summed E-state index contributed by atoms with van der Waals surface area (Å²) in [4.78, 5) is 29.8. The van der Waals surface area contributed by atoms with Crippen LogP contribution in [-0.4, -0.2) is 17.8 Å². The third kappa shape index (κ3) is 4.41. The van der Waals surface area contributed by atoms with E-state index in [0.717, 1.165) is 19.0 Å². The van der Waals surface area contributed by atoms with Crippen LogP contribution in [0.5, 0.6) is 5.75 Å². The lowest BCUT2D eigenvalue weighted by molar-refractivity contribution is -0.130. The maximum atomic E-state index is 13.0. The van der Waals surface area contributed by atoms with Crippen molar-refractivity contribution in [1.82, 2.24) is 0 Å². The Balaban J connectivity index is 1.48. The van der Waals surface area contributed by atoms with Gasteiger partial charge in [-0.15, -0.1) is 11.3 Å². The molecule has 1 aliphatic heterocycles. The van der Waals surface area contributed by atoms with E-state index in [4.69, 9.17) is 25.5 Å². The molecule has 5 rings (SSSR count). The van der Waals surface area contributed by atoms with Crippen LogP contribution in [0, 0.1) is 0 Å². The highest BCUT2D eigenvalue weighted by atomic mass is 79.9. The summed E-state index contributed by atoms with van der Waals surface area (Å²) in [5.74, 6) is -0.614. The Labute approximate surface area is 212 Å². The Kier molecular flexibility index (Phi) is 5.96. The molecule has 0 fully saturated rings. The van der Waals surface area contributed by atoms with E-state index < -0.39 is 11.9 Å². The molecule has 6 nitrogen and oxygen atoms in total. The molecule has 1 aliphatic rings. The zero-order chi connectivity index (χ0) is 23.1. The Bertz CT molecular complexity index is 1490. The monoisotopic (exact) mass is 605 g/mol. The normalized spacial score (nSPS) is 14.6. The van der Waals surface area contributed by atoms with E-state index in [1.54, 1.807) is 30.3 Å². The molecule has 2 aromatic heterocycles. The van der Waals surface area contributed by atoms with Crippen LogP contribution < -0.4 is 4.74 Å². The summed E-state index contributed by atoms with van der Waals surface area (Å²) in [6, 6.07) is 13.9. The van der Waals surface area contributed by atoms with Crippen LogP contribution >= 0.6 is 54.8 Å². The Hall–Kier alpha value is -2.72. The molecule has 0 amide bonds. The first kappa shape index (κ1) is 22.1. The molecule has 0 saturated heterocycles. The highest BCUT2D eigenvalue weighted by Crippen LogP contribution is 2.38. The number of hydrogen-bond donors (Lipinski definition) is 0. The lowest BCUT2D eigenvalue weighted by atomic mass is 10.1. The van der Waals surface area contributed by atoms with Gasteiger partial charge in [0.05, 0.1) is 11.3 Å². The number of benzene rings is 2. The molecule has 0 unspecified atom stereocenters. The summed E-state index contributed by atoms with van der Waals surface area (Å²) in [7, 11) is 0. The SMILES string of the molecule is O=C1OC(c2ccco2)=N/C1=C/c1cc(Br)ccc1OC(=O)c1sc2cc(Br)ccc2c1Cl. The summed E-state index contributed by atoms with van der Waals surface area (Å²) < 4.78 is 18.5. The molecule has 0 atom stereocenters. The number of cyclic esters (lactones) is 1. The van der Waals surface area contributed by atoms with E-state index in [-0.39, 0.29) is 22.2 Å². The molecule has 4 aromatic rings. The third-order valence-corrected chi connectivity index (χ3v) is 7.22. The van der Waals surface area contributed by atoms with Crippen LogP contribution in [0.4, 0.5) is 0 Å². The fourth-order valence-electron chi connectivity index (χ4n) is 3.10. The molecule has 0 N–H and O–H groups in total. The molecule has 0 radical (unpaired) electrons. The van der Waals surface area contributed by atoms with Gasteiger partial charge in [0.25, 0.3) is 5.90 Å². The van der Waals surface area contributed by atoms with Crippen molar-refractivity contribution >= 4 is 88.8 Å². The van der Waals surface area contributed by atoms with Crippen LogP contribution in [0.15, 0.2) is 78.8 Å². The molecule has 33 heavy (non-hydrogen) atoms. The summed E-state index contributed by atoms with van der Waals surface area (Å²) in [6.45, 7) is 0. The first-order chi connectivity index (χ1) is 15.9. The van der Waals surface area contributed by atoms with E-state index in [9.17, 15) is 9.59 Å². The highest BCUT2D eigenvalue weighted by molar-refractivity contribution is 9.10. The van der Waals surface area contributed by atoms with Gasteiger partial charge in [0.2, 0.25) is 0 Å². The van der Waals surface area contributed by atoms with E-state index in [2.05, 4.69) is 36.9 Å². The number of carbonyl (C=O) groups is 2. The minimum absolute atomic E-state index is 0.0431. The number of furan rings is 1. The first-order valence-corrected chi connectivity index (χ1v) is 12.1. The number of ether oxygens (including phenoxy) is 2. The van der Waals surface area contributed by atoms with Crippen molar-refractivity contribution in [3.63, 3.8) is 0 Å². The fraction of sp³-hybridized carbons (Fsp3) is 0.